The summed E-state index contributed by atoms with van der Waals surface area (Å²) in [5.41, 5.74) is 4.22. The van der Waals surface area contributed by atoms with E-state index in [0.717, 1.165) is 22.4 Å². The summed E-state index contributed by atoms with van der Waals surface area (Å²) >= 11 is 0. The molecule has 0 spiro atoms. The third-order valence-electron chi connectivity index (χ3n) is 5.62. The molecule has 0 aromatic heterocycles. The van der Waals surface area contributed by atoms with Gasteiger partial charge in [0.25, 0.3) is 0 Å². The number of anilines is 1. The van der Waals surface area contributed by atoms with Crippen LogP contribution in [0.4, 0.5) is 14.9 Å². The number of nitrogens with one attached hydrogen (secondary N) is 1. The number of likely N-dealkylation sites (N-methyl/N-ethyl adjacent to an activating group) is 1. The summed E-state index contributed by atoms with van der Waals surface area (Å²) < 4.78 is 20.1. The fourth-order valence-corrected chi connectivity index (χ4v) is 3.75. The minimum atomic E-state index is -0.347. The quantitative estimate of drug-likeness (QED) is 0.711. The van der Waals surface area contributed by atoms with Crippen LogP contribution in [-0.4, -0.2) is 49.9 Å². The van der Waals surface area contributed by atoms with Crippen molar-refractivity contribution in [1.29, 1.82) is 0 Å². The van der Waals surface area contributed by atoms with Crippen LogP contribution < -0.4 is 10.1 Å². The molecule has 1 aliphatic rings. The zero-order valence-corrected chi connectivity index (χ0v) is 19.1. The molecule has 3 rings (SSSR count). The van der Waals surface area contributed by atoms with Gasteiger partial charge in [0.05, 0.1) is 7.11 Å². The van der Waals surface area contributed by atoms with Crippen molar-refractivity contribution in [3.8, 4) is 5.75 Å². The van der Waals surface area contributed by atoms with Gasteiger partial charge in [-0.3, -0.25) is 5.01 Å². The van der Waals surface area contributed by atoms with Crippen LogP contribution >= 0.6 is 0 Å². The van der Waals surface area contributed by atoms with E-state index in [1.165, 1.54) is 6.07 Å². The smallest absolute Gasteiger partial charge is 0.321 e. The van der Waals surface area contributed by atoms with Gasteiger partial charge in [-0.05, 0) is 59.4 Å². The molecule has 2 amide bonds. The van der Waals surface area contributed by atoms with E-state index in [4.69, 9.17) is 4.74 Å². The first-order chi connectivity index (χ1) is 14.7. The fraction of sp³-hybridized carbons (Fsp3) is 0.417. The Balaban J connectivity index is 1.69. The third-order valence-corrected chi connectivity index (χ3v) is 5.62. The summed E-state index contributed by atoms with van der Waals surface area (Å²) in [4.78, 5) is 14.3. The largest absolute Gasteiger partial charge is 0.496 e. The van der Waals surface area contributed by atoms with E-state index < -0.39 is 0 Å². The lowest BCUT2D eigenvalue weighted by Crippen LogP contribution is -2.31. The number of aryl methyl sites for hydroxylation is 1. The molecule has 7 heteroatoms. The van der Waals surface area contributed by atoms with Crippen LogP contribution in [0, 0.1) is 12.7 Å². The average molecular weight is 427 g/mol. The highest BCUT2D eigenvalue weighted by molar-refractivity contribution is 5.89. The molecule has 0 aliphatic carbocycles. The molecule has 6 nitrogen and oxygen atoms in total. The second-order valence-electron chi connectivity index (χ2n) is 8.41. The molecule has 1 aliphatic heterocycles. The predicted molar refractivity (Wildman–Crippen MR) is 123 cm³/mol. The van der Waals surface area contributed by atoms with Crippen molar-refractivity contribution in [3.63, 3.8) is 0 Å². The van der Waals surface area contributed by atoms with Crippen LogP contribution in [0.5, 0.6) is 5.75 Å². The number of hydrazone groups is 1. The van der Waals surface area contributed by atoms with Crippen molar-refractivity contribution in [1.82, 2.24) is 9.91 Å². The van der Waals surface area contributed by atoms with Gasteiger partial charge < -0.3 is 15.0 Å². The second kappa shape index (κ2) is 9.37. The Hall–Kier alpha value is -3.09. The summed E-state index contributed by atoms with van der Waals surface area (Å²) in [6.45, 7) is 7.31. The summed E-state index contributed by atoms with van der Waals surface area (Å²) in [5.74, 6) is 0.738. The molecule has 31 heavy (non-hydrogen) atoms. The van der Waals surface area contributed by atoms with Crippen molar-refractivity contribution in [3.05, 3.63) is 58.4 Å². The fourth-order valence-electron chi connectivity index (χ4n) is 3.75. The Morgan fingerprint density at radius 2 is 2.10 bits per heavy atom. The number of urea groups is 1. The first-order valence-corrected chi connectivity index (χ1v) is 10.4. The van der Waals surface area contributed by atoms with Gasteiger partial charge >= 0.3 is 6.03 Å². The summed E-state index contributed by atoms with van der Waals surface area (Å²) in [6, 6.07) is 8.61. The second-order valence-corrected chi connectivity index (χ2v) is 8.41. The van der Waals surface area contributed by atoms with Crippen LogP contribution in [-0.2, 0) is 6.54 Å². The van der Waals surface area contributed by atoms with Gasteiger partial charge in [0.2, 0.25) is 0 Å². The van der Waals surface area contributed by atoms with E-state index in [1.807, 2.05) is 20.0 Å². The topological polar surface area (TPSA) is 57.2 Å². The van der Waals surface area contributed by atoms with Crippen LogP contribution in [0.3, 0.4) is 0 Å². The summed E-state index contributed by atoms with van der Waals surface area (Å²) in [7, 11) is 5.25. The molecule has 0 saturated heterocycles. The summed E-state index contributed by atoms with van der Waals surface area (Å²) in [5, 5.41) is 8.73. The number of nitrogens with zero attached hydrogens (tertiary/aromatic N) is 3. The van der Waals surface area contributed by atoms with E-state index in [9.17, 15) is 9.18 Å². The van der Waals surface area contributed by atoms with E-state index in [-0.39, 0.29) is 17.8 Å². The minimum absolute atomic E-state index is 0.0781. The molecule has 1 unspecified atom stereocenters. The molecule has 0 fully saturated rings. The highest BCUT2D eigenvalue weighted by Gasteiger charge is 2.21. The normalized spacial score (nSPS) is 15.5. The number of ether oxygens (including phenoxy) is 1. The standard InChI is InChI=1S/C24H31FN4O2/c1-15(2)21-10-17(16(3)9-23(21)31-6)13-28(4)24(30)27-19-7-8-20(22(25)11-19)18-12-26-29(5)14-18/h7-12,15,18H,13-14H2,1-6H3,(H,27,30). The predicted octanol–water partition coefficient (Wildman–Crippen LogP) is 4.94. The molecule has 1 atom stereocenters. The number of hydrogen-bond donors (Lipinski definition) is 1. The van der Waals surface area contributed by atoms with Gasteiger partial charge in [-0.2, -0.15) is 5.10 Å². The van der Waals surface area contributed by atoms with Crippen molar-refractivity contribution in [2.45, 2.75) is 39.2 Å². The molecule has 0 bridgehead atoms. The lowest BCUT2D eigenvalue weighted by atomic mass is 9.96. The molecule has 2 aromatic carbocycles. The summed E-state index contributed by atoms with van der Waals surface area (Å²) in [6.07, 6.45) is 1.74. The van der Waals surface area contributed by atoms with Crippen LogP contribution in [0.15, 0.2) is 35.4 Å². The van der Waals surface area contributed by atoms with Gasteiger partial charge in [0.1, 0.15) is 11.6 Å². The molecule has 1 heterocycles. The number of amides is 2. The zero-order valence-electron chi connectivity index (χ0n) is 19.1. The highest BCUT2D eigenvalue weighted by Crippen LogP contribution is 2.30. The van der Waals surface area contributed by atoms with Crippen LogP contribution in [0.1, 0.15) is 47.9 Å². The SMILES string of the molecule is COc1cc(C)c(CN(C)C(=O)Nc2ccc(C3C=NN(C)C3)c(F)c2)cc1C(C)C. The van der Waals surface area contributed by atoms with Crippen molar-refractivity contribution < 1.29 is 13.9 Å². The van der Waals surface area contributed by atoms with E-state index in [0.29, 0.717) is 30.3 Å². The average Bonchev–Trinajstić information content (AvgIpc) is 3.14. The van der Waals surface area contributed by atoms with Crippen molar-refractivity contribution in [2.24, 2.45) is 5.10 Å². The number of rotatable bonds is 6. The Labute approximate surface area is 183 Å². The minimum Gasteiger partial charge on any atom is -0.496 e. The van der Waals surface area contributed by atoms with Gasteiger partial charge in [-0.25, -0.2) is 9.18 Å². The molecule has 166 valence electrons. The molecule has 0 radical (unpaired) electrons. The lowest BCUT2D eigenvalue weighted by molar-refractivity contribution is 0.220. The molecule has 0 saturated carbocycles. The highest BCUT2D eigenvalue weighted by atomic mass is 19.1. The zero-order chi connectivity index (χ0) is 22.7. The Bertz CT molecular complexity index is 990. The van der Waals surface area contributed by atoms with Crippen molar-refractivity contribution >= 4 is 17.9 Å². The van der Waals surface area contributed by atoms with Gasteiger partial charge in [-0.1, -0.05) is 19.9 Å². The molecule has 2 aromatic rings. The number of carbonyl (C=O) groups is 1. The van der Waals surface area contributed by atoms with Crippen molar-refractivity contribution in [2.75, 3.05) is 33.1 Å². The molecule has 1 N–H and O–H groups in total. The Kier molecular flexibility index (Phi) is 6.83. The number of hydrogen-bond acceptors (Lipinski definition) is 4. The first-order valence-electron chi connectivity index (χ1n) is 10.4. The molecular weight excluding hydrogens is 395 g/mol. The maximum Gasteiger partial charge on any atom is 0.321 e. The van der Waals surface area contributed by atoms with Gasteiger partial charge in [0, 0.05) is 45.0 Å². The maximum absolute atomic E-state index is 14.6. The van der Waals surface area contributed by atoms with Crippen LogP contribution in [0.25, 0.3) is 0 Å². The number of methoxy groups -OCH3 is 1. The monoisotopic (exact) mass is 426 g/mol. The lowest BCUT2D eigenvalue weighted by Gasteiger charge is -2.22. The van der Waals surface area contributed by atoms with E-state index >= 15 is 0 Å². The number of carbonyl (C=O) groups excluding carboxylic acids is 1. The van der Waals surface area contributed by atoms with Gasteiger partial charge in [-0.15, -0.1) is 0 Å². The van der Waals surface area contributed by atoms with Crippen LogP contribution in [0.2, 0.25) is 0 Å². The Morgan fingerprint density at radius 3 is 2.68 bits per heavy atom. The maximum atomic E-state index is 14.6. The van der Waals surface area contributed by atoms with E-state index in [1.54, 1.807) is 42.4 Å². The number of benzene rings is 2. The Morgan fingerprint density at radius 1 is 1.35 bits per heavy atom. The number of halogens is 1. The molecular formula is C24H31FN4O2. The van der Waals surface area contributed by atoms with Gasteiger partial charge in [0.15, 0.2) is 0 Å². The third kappa shape index (κ3) is 5.16. The van der Waals surface area contributed by atoms with E-state index in [2.05, 4.69) is 30.3 Å². The first kappa shape index (κ1) is 22.6.